The van der Waals surface area contributed by atoms with Crippen LogP contribution < -0.4 is 15.0 Å². The number of halogens is 1. The fraction of sp³-hybridized carbons (Fsp3) is 0.682. The van der Waals surface area contributed by atoms with Gasteiger partial charge in [-0.1, -0.05) is 0 Å². The van der Waals surface area contributed by atoms with E-state index in [-0.39, 0.29) is 24.0 Å². The molecule has 2 fully saturated rings. The number of nitrogens with one attached hydrogen (secondary N) is 1. The lowest BCUT2D eigenvalue weighted by Crippen LogP contribution is -2.52. The molecule has 1 aromatic rings. The molecule has 7 nitrogen and oxygen atoms in total. The maximum atomic E-state index is 5.95. The van der Waals surface area contributed by atoms with Crippen molar-refractivity contribution in [3.05, 3.63) is 24.3 Å². The van der Waals surface area contributed by atoms with Crippen molar-refractivity contribution in [2.24, 2.45) is 4.99 Å². The smallest absolute Gasteiger partial charge is 0.194 e. The van der Waals surface area contributed by atoms with Gasteiger partial charge in [0.25, 0.3) is 0 Å². The largest absolute Gasteiger partial charge is 0.497 e. The Labute approximate surface area is 198 Å². The van der Waals surface area contributed by atoms with Gasteiger partial charge in [0.05, 0.1) is 13.2 Å². The summed E-state index contributed by atoms with van der Waals surface area (Å²) < 4.78 is 16.6. The van der Waals surface area contributed by atoms with Gasteiger partial charge in [0.1, 0.15) is 5.75 Å². The summed E-state index contributed by atoms with van der Waals surface area (Å²) in [6.45, 7) is 10.2. The Bertz CT molecular complexity index is 615. The van der Waals surface area contributed by atoms with Crippen LogP contribution in [0.2, 0.25) is 0 Å². The molecule has 2 aliphatic rings. The van der Waals surface area contributed by atoms with Crippen molar-refractivity contribution in [1.82, 2.24) is 10.2 Å². The third-order valence-corrected chi connectivity index (χ3v) is 5.44. The fourth-order valence-corrected chi connectivity index (χ4v) is 3.74. The van der Waals surface area contributed by atoms with Gasteiger partial charge in [0, 0.05) is 64.8 Å². The molecule has 0 spiro atoms. The summed E-state index contributed by atoms with van der Waals surface area (Å²) in [5.41, 5.74) is 1.25. The first-order valence-corrected chi connectivity index (χ1v) is 10.9. The van der Waals surface area contributed by atoms with Crippen LogP contribution in [-0.2, 0) is 9.47 Å². The molecule has 0 aromatic heterocycles. The second-order valence-corrected chi connectivity index (χ2v) is 7.44. The molecule has 0 atom stereocenters. The van der Waals surface area contributed by atoms with Crippen molar-refractivity contribution < 1.29 is 14.2 Å². The first-order chi connectivity index (χ1) is 14.3. The monoisotopic (exact) mass is 532 g/mol. The zero-order valence-corrected chi connectivity index (χ0v) is 20.7. The molecule has 2 saturated heterocycles. The van der Waals surface area contributed by atoms with Gasteiger partial charge in [-0.25, -0.2) is 0 Å². The van der Waals surface area contributed by atoms with E-state index in [0.717, 1.165) is 90.1 Å². The molecule has 0 saturated carbocycles. The first-order valence-electron chi connectivity index (χ1n) is 10.9. The Kier molecular flexibility index (Phi) is 11.6. The maximum absolute atomic E-state index is 5.95. The minimum atomic E-state index is 0. The summed E-state index contributed by atoms with van der Waals surface area (Å²) in [5, 5.41) is 3.45. The number of hydrogen-bond acceptors (Lipinski definition) is 5. The van der Waals surface area contributed by atoms with Crippen LogP contribution in [0.4, 0.5) is 5.69 Å². The van der Waals surface area contributed by atoms with Gasteiger partial charge in [0.2, 0.25) is 0 Å². The first kappa shape index (κ1) is 25.0. The molecule has 2 aliphatic heterocycles. The summed E-state index contributed by atoms with van der Waals surface area (Å²) in [6.07, 6.45) is 3.36. The predicted molar refractivity (Wildman–Crippen MR) is 133 cm³/mol. The van der Waals surface area contributed by atoms with Crippen LogP contribution in [0.25, 0.3) is 0 Å². The summed E-state index contributed by atoms with van der Waals surface area (Å²) in [4.78, 5) is 9.61. The third-order valence-electron chi connectivity index (χ3n) is 5.44. The Morgan fingerprint density at radius 2 is 1.83 bits per heavy atom. The van der Waals surface area contributed by atoms with Crippen molar-refractivity contribution in [3.8, 4) is 5.75 Å². The second-order valence-electron chi connectivity index (χ2n) is 7.44. The topological polar surface area (TPSA) is 58.6 Å². The third kappa shape index (κ3) is 7.77. The van der Waals surface area contributed by atoms with E-state index < -0.39 is 0 Å². The van der Waals surface area contributed by atoms with Crippen molar-refractivity contribution in [3.63, 3.8) is 0 Å². The van der Waals surface area contributed by atoms with E-state index >= 15 is 0 Å². The highest BCUT2D eigenvalue weighted by Gasteiger charge is 2.20. The number of anilines is 1. The van der Waals surface area contributed by atoms with Crippen LogP contribution in [0.15, 0.2) is 29.3 Å². The highest BCUT2D eigenvalue weighted by molar-refractivity contribution is 14.0. The number of aliphatic imine (C=N–C) groups is 1. The number of benzene rings is 1. The van der Waals surface area contributed by atoms with E-state index in [1.54, 1.807) is 7.11 Å². The van der Waals surface area contributed by atoms with Crippen molar-refractivity contribution in [2.45, 2.75) is 32.3 Å². The van der Waals surface area contributed by atoms with Crippen LogP contribution in [0, 0.1) is 0 Å². The number of methoxy groups -OCH3 is 1. The summed E-state index contributed by atoms with van der Waals surface area (Å²) >= 11 is 0. The Morgan fingerprint density at radius 1 is 1.13 bits per heavy atom. The molecule has 1 aromatic carbocycles. The molecule has 0 unspecified atom stereocenters. The molecule has 0 radical (unpaired) electrons. The quantitative estimate of drug-likeness (QED) is 0.241. The number of nitrogens with zero attached hydrogens (tertiary/aromatic N) is 3. The van der Waals surface area contributed by atoms with E-state index in [1.807, 2.05) is 12.1 Å². The van der Waals surface area contributed by atoms with Crippen molar-refractivity contribution in [1.29, 1.82) is 0 Å². The number of guanidine groups is 1. The van der Waals surface area contributed by atoms with Crippen LogP contribution in [0.3, 0.4) is 0 Å². The molecule has 1 N–H and O–H groups in total. The predicted octanol–water partition coefficient (Wildman–Crippen LogP) is 2.99. The average Bonchev–Trinajstić information content (AvgIpc) is 2.79. The second kappa shape index (κ2) is 13.9. The molecule has 0 bridgehead atoms. The molecular weight excluding hydrogens is 495 g/mol. The highest BCUT2D eigenvalue weighted by Crippen LogP contribution is 2.20. The fourth-order valence-electron chi connectivity index (χ4n) is 3.74. The lowest BCUT2D eigenvalue weighted by molar-refractivity contribution is -0.0318. The molecule has 3 rings (SSSR count). The number of rotatable bonds is 8. The zero-order valence-electron chi connectivity index (χ0n) is 18.3. The zero-order chi connectivity index (χ0) is 20.3. The van der Waals surface area contributed by atoms with E-state index in [1.165, 1.54) is 5.69 Å². The number of piperazine rings is 1. The van der Waals surface area contributed by atoms with Crippen molar-refractivity contribution in [2.75, 3.05) is 71.1 Å². The van der Waals surface area contributed by atoms with E-state index in [2.05, 4.69) is 34.2 Å². The van der Waals surface area contributed by atoms with Gasteiger partial charge in [-0.2, -0.15) is 0 Å². The molecule has 8 heteroatoms. The standard InChI is InChI=1S/C22H36N4O3.HI/c1-3-23-22(24-11-4-16-29-21-9-17-28-18-10-21)26-14-12-25(13-15-26)19-5-7-20(27-2)8-6-19;/h5-8,21H,3-4,9-18H2,1-2H3,(H,23,24);1H. The van der Waals surface area contributed by atoms with Crippen LogP contribution in [0.5, 0.6) is 5.75 Å². The average molecular weight is 532 g/mol. The van der Waals surface area contributed by atoms with E-state index in [9.17, 15) is 0 Å². The molecule has 0 amide bonds. The Morgan fingerprint density at radius 3 is 2.47 bits per heavy atom. The highest BCUT2D eigenvalue weighted by atomic mass is 127. The lowest BCUT2D eigenvalue weighted by atomic mass is 10.1. The molecular formula is C22H37IN4O3. The Hall–Kier alpha value is -1.26. The van der Waals surface area contributed by atoms with Gasteiger partial charge < -0.3 is 29.3 Å². The number of ether oxygens (including phenoxy) is 3. The summed E-state index contributed by atoms with van der Waals surface area (Å²) in [7, 11) is 1.70. The SMILES string of the molecule is CCNC(=NCCCOC1CCOCC1)N1CCN(c2ccc(OC)cc2)CC1.I. The normalized spacial score (nSPS) is 18.1. The Balaban J connectivity index is 0.00000320. The molecule has 2 heterocycles. The van der Waals surface area contributed by atoms with Gasteiger partial charge in [0.15, 0.2) is 5.96 Å². The molecule has 170 valence electrons. The molecule has 30 heavy (non-hydrogen) atoms. The van der Waals surface area contributed by atoms with Gasteiger partial charge in [-0.05, 0) is 50.5 Å². The van der Waals surface area contributed by atoms with Crippen LogP contribution in [0.1, 0.15) is 26.2 Å². The van der Waals surface area contributed by atoms with Gasteiger partial charge >= 0.3 is 0 Å². The van der Waals surface area contributed by atoms with E-state index in [4.69, 9.17) is 19.2 Å². The maximum Gasteiger partial charge on any atom is 0.194 e. The minimum absolute atomic E-state index is 0. The van der Waals surface area contributed by atoms with Crippen LogP contribution in [-0.4, -0.2) is 83.2 Å². The van der Waals surface area contributed by atoms with Crippen LogP contribution >= 0.6 is 24.0 Å². The number of hydrogen-bond donors (Lipinski definition) is 1. The van der Waals surface area contributed by atoms with E-state index in [0.29, 0.717) is 6.10 Å². The molecule has 0 aliphatic carbocycles. The van der Waals surface area contributed by atoms with Gasteiger partial charge in [-0.3, -0.25) is 4.99 Å². The van der Waals surface area contributed by atoms with Crippen molar-refractivity contribution >= 4 is 35.6 Å². The summed E-state index contributed by atoms with van der Waals surface area (Å²) in [5.74, 6) is 1.92. The summed E-state index contributed by atoms with van der Waals surface area (Å²) in [6, 6.07) is 8.31. The minimum Gasteiger partial charge on any atom is -0.497 e. The lowest BCUT2D eigenvalue weighted by Gasteiger charge is -2.37. The van der Waals surface area contributed by atoms with Gasteiger partial charge in [-0.15, -0.1) is 24.0 Å².